The fourth-order valence-corrected chi connectivity index (χ4v) is 4.81. The molecule has 0 spiro atoms. The Hall–Kier alpha value is -3.96. The molecule has 4 aromatic rings. The van der Waals surface area contributed by atoms with Gasteiger partial charge < -0.3 is 9.64 Å². The molecule has 12 heteroatoms. The van der Waals surface area contributed by atoms with E-state index >= 15 is 0 Å². The monoisotopic (exact) mass is 513 g/mol. The number of rotatable bonds is 5. The van der Waals surface area contributed by atoms with Crippen LogP contribution in [-0.4, -0.2) is 55.0 Å². The Bertz CT molecular complexity index is 1480. The van der Waals surface area contributed by atoms with Gasteiger partial charge in [-0.25, -0.2) is 19.3 Å². The highest BCUT2D eigenvalue weighted by atomic mass is 19.4. The Morgan fingerprint density at radius 1 is 1.05 bits per heavy atom. The standard InChI is InChI=1S/C25H26F3N7O2/c1-5-37-24(36)19-21-23(34-12-6-7-13-34)29-15(3)32-35(21)22(30-19)18-14(2)31-33(4)20(18)16-8-10-17(11-9-16)25(26,27)28/h8-11H,5-7,12-13H2,1-4H3. The molecule has 9 nitrogen and oxygen atoms in total. The van der Waals surface area contributed by atoms with Gasteiger partial charge in [0.05, 0.1) is 29.1 Å². The third kappa shape index (κ3) is 4.30. The molecule has 0 N–H and O–H groups in total. The quantitative estimate of drug-likeness (QED) is 0.360. The second-order valence-corrected chi connectivity index (χ2v) is 8.95. The van der Waals surface area contributed by atoms with Crippen molar-refractivity contribution in [2.24, 2.45) is 7.05 Å². The van der Waals surface area contributed by atoms with E-state index in [2.05, 4.69) is 20.1 Å². The first kappa shape index (κ1) is 24.7. The molecule has 0 amide bonds. The van der Waals surface area contributed by atoms with Gasteiger partial charge in [0, 0.05) is 25.7 Å². The van der Waals surface area contributed by atoms with Crippen molar-refractivity contribution in [2.45, 2.75) is 39.8 Å². The summed E-state index contributed by atoms with van der Waals surface area (Å²) in [6.07, 6.45) is -2.44. The van der Waals surface area contributed by atoms with Crippen molar-refractivity contribution >= 4 is 17.3 Å². The maximum Gasteiger partial charge on any atom is 0.416 e. The van der Waals surface area contributed by atoms with Crippen LogP contribution in [0.5, 0.6) is 0 Å². The zero-order valence-corrected chi connectivity index (χ0v) is 20.9. The van der Waals surface area contributed by atoms with Gasteiger partial charge in [0.15, 0.2) is 17.3 Å². The molecule has 0 saturated carbocycles. The molecular weight excluding hydrogens is 487 g/mol. The first-order valence-electron chi connectivity index (χ1n) is 12.0. The summed E-state index contributed by atoms with van der Waals surface area (Å²) in [7, 11) is 1.71. The third-order valence-corrected chi connectivity index (χ3v) is 6.38. The van der Waals surface area contributed by atoms with Crippen LogP contribution in [0.1, 0.15) is 47.3 Å². The van der Waals surface area contributed by atoms with Gasteiger partial charge in [-0.05, 0) is 45.7 Å². The Kier molecular flexibility index (Phi) is 6.12. The molecule has 0 aliphatic carbocycles. The molecule has 0 atom stereocenters. The molecule has 0 unspecified atom stereocenters. The van der Waals surface area contributed by atoms with Crippen LogP contribution < -0.4 is 4.90 Å². The van der Waals surface area contributed by atoms with Crippen molar-refractivity contribution in [3.63, 3.8) is 0 Å². The van der Waals surface area contributed by atoms with Crippen molar-refractivity contribution in [1.82, 2.24) is 29.4 Å². The average Bonchev–Trinajstić information content (AvgIpc) is 3.56. The second kappa shape index (κ2) is 9.16. The molecule has 37 heavy (non-hydrogen) atoms. The number of esters is 1. The number of imidazole rings is 1. The van der Waals surface area contributed by atoms with Crippen molar-refractivity contribution in [2.75, 3.05) is 24.6 Å². The van der Waals surface area contributed by atoms with Gasteiger partial charge in [-0.3, -0.25) is 4.68 Å². The van der Waals surface area contributed by atoms with E-state index in [4.69, 9.17) is 9.72 Å². The minimum absolute atomic E-state index is 0.0837. The molecule has 0 radical (unpaired) electrons. The number of halogens is 3. The van der Waals surface area contributed by atoms with Gasteiger partial charge in [0.25, 0.3) is 0 Å². The van der Waals surface area contributed by atoms with Crippen LogP contribution in [0.15, 0.2) is 24.3 Å². The lowest BCUT2D eigenvalue weighted by atomic mass is 10.0. The third-order valence-electron chi connectivity index (χ3n) is 6.38. The number of hydrogen-bond donors (Lipinski definition) is 0. The molecule has 1 aliphatic heterocycles. The molecule has 5 rings (SSSR count). The summed E-state index contributed by atoms with van der Waals surface area (Å²) in [5.41, 5.74) is 1.98. The molecule has 1 saturated heterocycles. The topological polar surface area (TPSA) is 90.4 Å². The zero-order chi connectivity index (χ0) is 26.5. The molecular formula is C25H26F3N7O2. The van der Waals surface area contributed by atoms with E-state index in [9.17, 15) is 18.0 Å². The van der Waals surface area contributed by atoms with Gasteiger partial charge in [0.1, 0.15) is 11.3 Å². The Morgan fingerprint density at radius 3 is 2.35 bits per heavy atom. The summed E-state index contributed by atoms with van der Waals surface area (Å²) < 4.78 is 48.0. The predicted molar refractivity (Wildman–Crippen MR) is 130 cm³/mol. The maximum atomic E-state index is 13.2. The first-order valence-corrected chi connectivity index (χ1v) is 12.0. The lowest BCUT2D eigenvalue weighted by Gasteiger charge is -2.18. The lowest BCUT2D eigenvalue weighted by molar-refractivity contribution is -0.137. The van der Waals surface area contributed by atoms with Gasteiger partial charge in [-0.15, -0.1) is 0 Å². The predicted octanol–water partition coefficient (Wildman–Crippen LogP) is 4.60. The van der Waals surface area contributed by atoms with E-state index in [0.717, 1.165) is 38.1 Å². The fourth-order valence-electron chi connectivity index (χ4n) is 4.81. The smallest absolute Gasteiger partial charge is 0.416 e. The summed E-state index contributed by atoms with van der Waals surface area (Å²) in [5, 5.41) is 9.13. The molecule has 1 aliphatic rings. The van der Waals surface area contributed by atoms with Crippen LogP contribution in [0.4, 0.5) is 19.0 Å². The van der Waals surface area contributed by atoms with Crippen molar-refractivity contribution in [1.29, 1.82) is 0 Å². The number of anilines is 1. The number of fused-ring (bicyclic) bond motifs is 1. The molecule has 3 aromatic heterocycles. The van der Waals surface area contributed by atoms with Gasteiger partial charge >= 0.3 is 12.1 Å². The summed E-state index contributed by atoms with van der Waals surface area (Å²) in [5.74, 6) is 0.826. The largest absolute Gasteiger partial charge is 0.461 e. The van der Waals surface area contributed by atoms with E-state index < -0.39 is 17.7 Å². The fraction of sp³-hybridized carbons (Fsp3) is 0.400. The van der Waals surface area contributed by atoms with E-state index in [1.54, 1.807) is 37.0 Å². The number of aromatic nitrogens is 6. The minimum atomic E-state index is -4.45. The van der Waals surface area contributed by atoms with Crippen LogP contribution >= 0.6 is 0 Å². The van der Waals surface area contributed by atoms with Crippen LogP contribution in [0.25, 0.3) is 28.2 Å². The molecule has 1 fully saturated rings. The van der Waals surface area contributed by atoms with Crippen molar-refractivity contribution in [3.05, 3.63) is 47.0 Å². The number of nitrogens with zero attached hydrogens (tertiary/aromatic N) is 7. The highest BCUT2D eigenvalue weighted by Crippen LogP contribution is 2.38. The summed E-state index contributed by atoms with van der Waals surface area (Å²) >= 11 is 0. The van der Waals surface area contributed by atoms with E-state index in [0.29, 0.717) is 45.5 Å². The van der Waals surface area contributed by atoms with Gasteiger partial charge in [-0.2, -0.15) is 23.4 Å². The zero-order valence-electron chi connectivity index (χ0n) is 20.9. The van der Waals surface area contributed by atoms with Crippen molar-refractivity contribution in [3.8, 4) is 22.6 Å². The minimum Gasteiger partial charge on any atom is -0.461 e. The maximum absolute atomic E-state index is 13.2. The van der Waals surface area contributed by atoms with E-state index in [1.165, 1.54) is 12.1 Å². The molecule has 4 heterocycles. The van der Waals surface area contributed by atoms with Crippen LogP contribution in [-0.2, 0) is 18.0 Å². The number of hydrogen-bond acceptors (Lipinski definition) is 7. The van der Waals surface area contributed by atoms with Crippen LogP contribution in [0.2, 0.25) is 0 Å². The number of aryl methyl sites for hydroxylation is 3. The highest BCUT2D eigenvalue weighted by Gasteiger charge is 2.32. The SMILES string of the molecule is CCOC(=O)c1nc(-c2c(C)nn(C)c2-c2ccc(C(F)(F)F)cc2)n2nc(C)nc(N3CCCC3)c12. The number of carbonyl (C=O) groups excluding carboxylic acids is 1. The summed E-state index contributed by atoms with van der Waals surface area (Å²) in [6.45, 7) is 7.01. The number of carbonyl (C=O) groups is 1. The molecule has 1 aromatic carbocycles. The van der Waals surface area contributed by atoms with Crippen molar-refractivity contribution < 1.29 is 22.7 Å². The summed E-state index contributed by atoms with van der Waals surface area (Å²) in [6, 6.07) is 4.88. The summed E-state index contributed by atoms with van der Waals surface area (Å²) in [4.78, 5) is 24.5. The Labute approximate surface area is 210 Å². The Morgan fingerprint density at radius 2 is 1.73 bits per heavy atom. The average molecular weight is 514 g/mol. The van der Waals surface area contributed by atoms with Gasteiger partial charge in [-0.1, -0.05) is 12.1 Å². The number of benzene rings is 1. The van der Waals surface area contributed by atoms with Gasteiger partial charge in [0.2, 0.25) is 0 Å². The molecule has 194 valence electrons. The lowest BCUT2D eigenvalue weighted by Crippen LogP contribution is -2.22. The second-order valence-electron chi connectivity index (χ2n) is 8.95. The Balaban J connectivity index is 1.77. The van der Waals surface area contributed by atoms with Crippen LogP contribution in [0, 0.1) is 13.8 Å². The van der Waals surface area contributed by atoms with Crippen LogP contribution in [0.3, 0.4) is 0 Å². The number of ether oxygens (including phenoxy) is 1. The number of alkyl halides is 3. The van der Waals surface area contributed by atoms with E-state index in [1.807, 2.05) is 0 Å². The first-order chi connectivity index (χ1) is 17.6. The molecule has 0 bridgehead atoms. The normalized spacial score (nSPS) is 14.1. The highest BCUT2D eigenvalue weighted by molar-refractivity contribution is 6.00. The van der Waals surface area contributed by atoms with E-state index in [-0.39, 0.29) is 12.3 Å².